The molecule has 0 amide bonds. The van der Waals surface area contributed by atoms with Crippen LogP contribution in [0.15, 0.2) is 12.1 Å². The van der Waals surface area contributed by atoms with Crippen molar-refractivity contribution >= 4 is 11.6 Å². The fourth-order valence-corrected chi connectivity index (χ4v) is 1.87. The molecule has 0 unspecified atom stereocenters. The number of unbranched alkanes of at least 4 members (excludes halogenated alkanes) is 1. The van der Waals surface area contributed by atoms with Crippen molar-refractivity contribution in [3.05, 3.63) is 22.7 Å². The van der Waals surface area contributed by atoms with E-state index in [4.69, 9.17) is 31.5 Å². The number of ether oxygens (including phenoxy) is 3. The summed E-state index contributed by atoms with van der Waals surface area (Å²) in [7, 11) is 1.58. The average Bonchev–Trinajstić information content (AvgIpc) is 2.43. The second-order valence-corrected chi connectivity index (χ2v) is 4.53. The number of methoxy groups -OCH3 is 1. The molecule has 4 nitrogen and oxygen atoms in total. The van der Waals surface area contributed by atoms with E-state index in [9.17, 15) is 0 Å². The largest absolute Gasteiger partial charge is 0.493 e. The van der Waals surface area contributed by atoms with Gasteiger partial charge in [0.25, 0.3) is 0 Å². The Labute approximate surface area is 119 Å². The molecule has 19 heavy (non-hydrogen) atoms. The summed E-state index contributed by atoms with van der Waals surface area (Å²) >= 11 is 6.15. The summed E-state index contributed by atoms with van der Waals surface area (Å²) in [6.45, 7) is 4.29. The molecule has 0 atom stereocenters. The van der Waals surface area contributed by atoms with Gasteiger partial charge in [-0.3, -0.25) is 0 Å². The molecule has 2 N–H and O–H groups in total. The molecule has 0 radical (unpaired) electrons. The molecule has 0 saturated heterocycles. The molecule has 0 fully saturated rings. The normalized spacial score (nSPS) is 10.5. The van der Waals surface area contributed by atoms with Gasteiger partial charge in [-0.15, -0.1) is 0 Å². The van der Waals surface area contributed by atoms with Gasteiger partial charge in [0.1, 0.15) is 6.61 Å². The first kappa shape index (κ1) is 16.1. The van der Waals surface area contributed by atoms with Crippen LogP contribution in [0.3, 0.4) is 0 Å². The van der Waals surface area contributed by atoms with Crippen molar-refractivity contribution in [2.45, 2.75) is 26.3 Å². The van der Waals surface area contributed by atoms with Crippen LogP contribution in [-0.4, -0.2) is 26.9 Å². The lowest BCUT2D eigenvalue weighted by Gasteiger charge is -2.13. The van der Waals surface area contributed by atoms with Gasteiger partial charge in [0.2, 0.25) is 0 Å². The van der Waals surface area contributed by atoms with E-state index in [-0.39, 0.29) is 0 Å². The first-order valence-corrected chi connectivity index (χ1v) is 6.87. The van der Waals surface area contributed by atoms with Gasteiger partial charge in [-0.2, -0.15) is 0 Å². The maximum absolute atomic E-state index is 6.15. The van der Waals surface area contributed by atoms with Crippen LogP contribution in [0.1, 0.15) is 25.3 Å². The predicted molar refractivity (Wildman–Crippen MR) is 77.1 cm³/mol. The van der Waals surface area contributed by atoms with Crippen LogP contribution < -0.4 is 15.2 Å². The highest BCUT2D eigenvalue weighted by molar-refractivity contribution is 6.32. The van der Waals surface area contributed by atoms with Crippen molar-refractivity contribution in [3.8, 4) is 11.5 Å². The van der Waals surface area contributed by atoms with Gasteiger partial charge in [0, 0.05) is 13.2 Å². The zero-order valence-electron chi connectivity index (χ0n) is 11.6. The molecule has 0 aliphatic carbocycles. The summed E-state index contributed by atoms with van der Waals surface area (Å²) in [5, 5.41) is 0.508. The Morgan fingerprint density at radius 2 is 2.00 bits per heavy atom. The van der Waals surface area contributed by atoms with Crippen molar-refractivity contribution in [2.24, 2.45) is 5.73 Å². The summed E-state index contributed by atoms with van der Waals surface area (Å²) in [5.74, 6) is 1.14. The third kappa shape index (κ3) is 5.27. The zero-order chi connectivity index (χ0) is 14.1. The molecule has 0 aliphatic heterocycles. The minimum atomic E-state index is 0.413. The summed E-state index contributed by atoms with van der Waals surface area (Å²) in [4.78, 5) is 0. The number of hydrogen-bond acceptors (Lipinski definition) is 4. The van der Waals surface area contributed by atoms with E-state index in [1.54, 1.807) is 13.2 Å². The second-order valence-electron chi connectivity index (χ2n) is 4.13. The number of benzene rings is 1. The van der Waals surface area contributed by atoms with Crippen LogP contribution in [0.5, 0.6) is 11.5 Å². The van der Waals surface area contributed by atoms with Crippen LogP contribution in [0.25, 0.3) is 0 Å². The summed E-state index contributed by atoms with van der Waals surface area (Å²) in [6, 6.07) is 3.62. The van der Waals surface area contributed by atoms with Crippen LogP contribution in [0.4, 0.5) is 0 Å². The first-order chi connectivity index (χ1) is 9.22. The van der Waals surface area contributed by atoms with E-state index in [1.165, 1.54) is 0 Å². The van der Waals surface area contributed by atoms with Crippen LogP contribution >= 0.6 is 11.6 Å². The molecule has 0 saturated carbocycles. The smallest absolute Gasteiger partial charge is 0.179 e. The van der Waals surface area contributed by atoms with Gasteiger partial charge in [-0.05, 0) is 24.1 Å². The first-order valence-electron chi connectivity index (χ1n) is 6.50. The van der Waals surface area contributed by atoms with Crippen molar-refractivity contribution in [1.29, 1.82) is 0 Å². The summed E-state index contributed by atoms with van der Waals surface area (Å²) in [5.41, 5.74) is 6.50. The van der Waals surface area contributed by atoms with Crippen LogP contribution in [0.2, 0.25) is 5.02 Å². The third-order valence-electron chi connectivity index (χ3n) is 2.64. The average molecular weight is 288 g/mol. The Balaban J connectivity index is 2.52. The Bertz CT molecular complexity index is 385. The number of halogens is 1. The fourth-order valence-electron chi connectivity index (χ4n) is 1.58. The van der Waals surface area contributed by atoms with Gasteiger partial charge in [-0.1, -0.05) is 24.9 Å². The highest BCUT2D eigenvalue weighted by Gasteiger charge is 2.11. The lowest BCUT2D eigenvalue weighted by Crippen LogP contribution is -2.09. The number of rotatable bonds is 9. The Morgan fingerprint density at radius 3 is 2.63 bits per heavy atom. The molecule has 108 valence electrons. The van der Waals surface area contributed by atoms with E-state index in [0.717, 1.165) is 25.0 Å². The van der Waals surface area contributed by atoms with E-state index in [1.807, 2.05) is 6.07 Å². The van der Waals surface area contributed by atoms with E-state index in [0.29, 0.717) is 36.3 Å². The molecule has 1 aromatic carbocycles. The second kappa shape index (κ2) is 9.02. The molecular weight excluding hydrogens is 266 g/mol. The maximum atomic E-state index is 6.15. The molecule has 1 rings (SSSR count). The van der Waals surface area contributed by atoms with Gasteiger partial charge in [0.05, 0.1) is 18.7 Å². The Morgan fingerprint density at radius 1 is 1.21 bits per heavy atom. The van der Waals surface area contributed by atoms with E-state index < -0.39 is 0 Å². The van der Waals surface area contributed by atoms with Gasteiger partial charge in [0.15, 0.2) is 11.5 Å². The van der Waals surface area contributed by atoms with Gasteiger partial charge < -0.3 is 19.9 Å². The fraction of sp³-hybridized carbons (Fsp3) is 0.571. The molecule has 0 heterocycles. The summed E-state index contributed by atoms with van der Waals surface area (Å²) < 4.78 is 16.3. The molecule has 5 heteroatoms. The topological polar surface area (TPSA) is 53.7 Å². The van der Waals surface area contributed by atoms with Crippen molar-refractivity contribution in [1.82, 2.24) is 0 Å². The highest BCUT2D eigenvalue weighted by atomic mass is 35.5. The quantitative estimate of drug-likeness (QED) is 0.710. The van der Waals surface area contributed by atoms with Crippen LogP contribution in [0, 0.1) is 0 Å². The number of hydrogen-bond donors (Lipinski definition) is 1. The molecule has 0 aromatic heterocycles. The standard InChI is InChI=1S/C14H22ClNO3/c1-3-4-5-18-6-7-19-14-12(15)8-11(10-16)9-13(14)17-2/h8-9H,3-7,10,16H2,1-2H3. The lowest BCUT2D eigenvalue weighted by atomic mass is 10.2. The number of nitrogens with two attached hydrogens (primary N) is 1. The molecule has 0 bridgehead atoms. The van der Waals surface area contributed by atoms with Gasteiger partial charge in [-0.25, -0.2) is 0 Å². The Hall–Kier alpha value is -0.970. The third-order valence-corrected chi connectivity index (χ3v) is 2.92. The maximum Gasteiger partial charge on any atom is 0.179 e. The zero-order valence-corrected chi connectivity index (χ0v) is 12.3. The van der Waals surface area contributed by atoms with E-state index >= 15 is 0 Å². The highest BCUT2D eigenvalue weighted by Crippen LogP contribution is 2.36. The molecule has 0 aliphatic rings. The lowest BCUT2D eigenvalue weighted by molar-refractivity contribution is 0.0970. The minimum Gasteiger partial charge on any atom is -0.493 e. The van der Waals surface area contributed by atoms with Crippen molar-refractivity contribution in [2.75, 3.05) is 26.9 Å². The van der Waals surface area contributed by atoms with Crippen molar-refractivity contribution < 1.29 is 14.2 Å². The molecular formula is C14H22ClNO3. The SMILES string of the molecule is CCCCOCCOc1c(Cl)cc(CN)cc1OC. The van der Waals surface area contributed by atoms with E-state index in [2.05, 4.69) is 6.92 Å². The molecule has 0 spiro atoms. The molecule has 1 aromatic rings. The van der Waals surface area contributed by atoms with Gasteiger partial charge >= 0.3 is 0 Å². The predicted octanol–water partition coefficient (Wildman–Crippen LogP) is 3.00. The Kier molecular flexibility index (Phi) is 7.63. The summed E-state index contributed by atoms with van der Waals surface area (Å²) in [6.07, 6.45) is 2.19. The minimum absolute atomic E-state index is 0.413. The van der Waals surface area contributed by atoms with Crippen LogP contribution in [-0.2, 0) is 11.3 Å². The van der Waals surface area contributed by atoms with Crippen molar-refractivity contribution in [3.63, 3.8) is 0 Å². The monoisotopic (exact) mass is 287 g/mol.